The second-order valence-corrected chi connectivity index (χ2v) is 8.03. The fourth-order valence-electron chi connectivity index (χ4n) is 2.16. The van der Waals surface area contributed by atoms with Gasteiger partial charge in [0.25, 0.3) is 5.91 Å². The highest BCUT2D eigenvalue weighted by Crippen LogP contribution is 2.19. The van der Waals surface area contributed by atoms with Crippen molar-refractivity contribution in [2.75, 3.05) is 24.7 Å². The first kappa shape index (κ1) is 20.9. The van der Waals surface area contributed by atoms with E-state index in [0.717, 1.165) is 4.90 Å². The molecule has 9 heteroatoms. The first-order valence-electron chi connectivity index (χ1n) is 8.06. The van der Waals surface area contributed by atoms with E-state index in [1.807, 2.05) is 24.5 Å². The van der Waals surface area contributed by atoms with Gasteiger partial charge >= 0.3 is 5.97 Å². The number of ether oxygens (including phenoxy) is 1. The van der Waals surface area contributed by atoms with Gasteiger partial charge in [-0.2, -0.15) is 0 Å². The molecule has 0 heterocycles. The molecule has 2 rings (SSSR count). The smallest absolute Gasteiger partial charge is 0.338 e. The monoisotopic (exact) mass is 408 g/mol. The third-order valence-corrected chi connectivity index (χ3v) is 5.71. The van der Waals surface area contributed by atoms with Crippen molar-refractivity contribution in [2.45, 2.75) is 16.7 Å². The molecule has 0 aliphatic heterocycles. The highest BCUT2D eigenvalue weighted by molar-refractivity contribution is 7.98. The molecule has 0 aromatic heterocycles. The third-order valence-electron chi connectivity index (χ3n) is 3.42. The largest absolute Gasteiger partial charge is 0.452 e. The molecule has 1 amide bonds. The van der Waals surface area contributed by atoms with Crippen LogP contribution in [0.25, 0.3) is 0 Å². The number of thioether (sulfide) groups is 1. The van der Waals surface area contributed by atoms with Crippen LogP contribution in [0.3, 0.4) is 0 Å². The molecule has 0 fully saturated rings. The maximum absolute atomic E-state index is 12.0. The molecule has 0 atom stereocenters. The second kappa shape index (κ2) is 9.54. The Bertz CT molecular complexity index is 912. The van der Waals surface area contributed by atoms with Crippen molar-refractivity contribution in [1.82, 2.24) is 4.72 Å². The molecule has 0 aliphatic rings. The minimum atomic E-state index is -3.59. The van der Waals surface area contributed by atoms with E-state index in [9.17, 15) is 18.0 Å². The molecule has 0 saturated heterocycles. The van der Waals surface area contributed by atoms with Crippen LogP contribution >= 0.6 is 11.8 Å². The maximum atomic E-state index is 12.0. The van der Waals surface area contributed by atoms with E-state index in [0.29, 0.717) is 5.69 Å². The summed E-state index contributed by atoms with van der Waals surface area (Å²) in [5, 5.41) is 2.65. The minimum absolute atomic E-state index is 0.0484. The quantitative estimate of drug-likeness (QED) is 0.514. The number of nitrogens with one attached hydrogen (secondary N) is 2. The zero-order chi connectivity index (χ0) is 19.9. The molecular formula is C18H20N2O5S2. The number of hydrogen-bond donors (Lipinski definition) is 2. The zero-order valence-electron chi connectivity index (χ0n) is 14.9. The van der Waals surface area contributed by atoms with Gasteiger partial charge in [0.1, 0.15) is 0 Å². The first-order chi connectivity index (χ1) is 12.9. The molecule has 27 heavy (non-hydrogen) atoms. The topological polar surface area (TPSA) is 102 Å². The molecule has 7 nitrogen and oxygen atoms in total. The Labute approximate surface area is 162 Å². The lowest BCUT2D eigenvalue weighted by atomic mass is 10.2. The van der Waals surface area contributed by atoms with Gasteiger partial charge in [-0.1, -0.05) is 13.0 Å². The number of amides is 1. The predicted molar refractivity (Wildman–Crippen MR) is 104 cm³/mol. The number of esters is 1. The lowest BCUT2D eigenvalue weighted by molar-refractivity contribution is -0.119. The molecule has 2 N–H and O–H groups in total. The van der Waals surface area contributed by atoms with E-state index in [4.69, 9.17) is 4.74 Å². The molecule has 0 bridgehead atoms. The van der Waals surface area contributed by atoms with Gasteiger partial charge in [0.15, 0.2) is 6.61 Å². The Kier molecular flexibility index (Phi) is 7.40. The summed E-state index contributed by atoms with van der Waals surface area (Å²) in [5.74, 6) is -1.18. The Morgan fingerprint density at radius 2 is 1.81 bits per heavy atom. The van der Waals surface area contributed by atoms with Crippen LogP contribution in [-0.2, 0) is 19.6 Å². The lowest BCUT2D eigenvalue weighted by Gasteiger charge is -2.08. The van der Waals surface area contributed by atoms with Gasteiger partial charge in [-0.3, -0.25) is 4.79 Å². The van der Waals surface area contributed by atoms with Crippen LogP contribution in [0.5, 0.6) is 0 Å². The van der Waals surface area contributed by atoms with Crippen molar-refractivity contribution < 1.29 is 22.7 Å². The molecule has 0 saturated carbocycles. The van der Waals surface area contributed by atoms with E-state index in [1.54, 1.807) is 24.8 Å². The Morgan fingerprint density at radius 1 is 1.11 bits per heavy atom. The number of anilines is 1. The number of hydrogen-bond acceptors (Lipinski definition) is 6. The van der Waals surface area contributed by atoms with Gasteiger partial charge in [0, 0.05) is 17.1 Å². The summed E-state index contributed by atoms with van der Waals surface area (Å²) in [4.78, 5) is 25.0. The molecule has 0 spiro atoms. The van der Waals surface area contributed by atoms with E-state index in [2.05, 4.69) is 10.0 Å². The summed E-state index contributed by atoms with van der Waals surface area (Å²) in [5.41, 5.74) is 0.767. The highest BCUT2D eigenvalue weighted by atomic mass is 32.2. The summed E-state index contributed by atoms with van der Waals surface area (Å²) >= 11 is 1.55. The van der Waals surface area contributed by atoms with Gasteiger partial charge in [0.05, 0.1) is 10.5 Å². The van der Waals surface area contributed by atoms with Crippen molar-refractivity contribution in [3.63, 3.8) is 0 Å². The van der Waals surface area contributed by atoms with E-state index >= 15 is 0 Å². The van der Waals surface area contributed by atoms with Crippen molar-refractivity contribution in [3.8, 4) is 0 Å². The van der Waals surface area contributed by atoms with Crippen molar-refractivity contribution in [3.05, 3.63) is 54.1 Å². The molecule has 0 radical (unpaired) electrons. The van der Waals surface area contributed by atoms with Crippen molar-refractivity contribution >= 4 is 39.3 Å². The Balaban J connectivity index is 1.92. The molecule has 0 unspecified atom stereocenters. The zero-order valence-corrected chi connectivity index (χ0v) is 16.5. The second-order valence-electron chi connectivity index (χ2n) is 5.38. The van der Waals surface area contributed by atoms with E-state index in [1.165, 1.54) is 24.3 Å². The Morgan fingerprint density at radius 3 is 2.44 bits per heavy atom. The lowest BCUT2D eigenvalue weighted by Crippen LogP contribution is -2.23. The third kappa shape index (κ3) is 6.09. The first-order valence-corrected chi connectivity index (χ1v) is 10.8. The average molecular weight is 409 g/mol. The summed E-state index contributed by atoms with van der Waals surface area (Å²) in [6.45, 7) is 1.49. The van der Waals surface area contributed by atoms with Gasteiger partial charge in [-0.05, 0) is 48.7 Å². The van der Waals surface area contributed by atoms with Crippen LogP contribution in [0.15, 0.2) is 58.3 Å². The van der Waals surface area contributed by atoms with Crippen LogP contribution in [0.1, 0.15) is 17.3 Å². The molecule has 2 aromatic carbocycles. The number of carbonyl (C=O) groups is 2. The van der Waals surface area contributed by atoms with Crippen LogP contribution in [-0.4, -0.2) is 39.7 Å². The number of carbonyl (C=O) groups excluding carboxylic acids is 2. The Hall–Kier alpha value is -2.36. The summed E-state index contributed by atoms with van der Waals surface area (Å²) in [6, 6.07) is 12.6. The van der Waals surface area contributed by atoms with Crippen molar-refractivity contribution in [1.29, 1.82) is 0 Å². The summed E-state index contributed by atoms with van der Waals surface area (Å²) < 4.78 is 31.1. The highest BCUT2D eigenvalue weighted by Gasteiger charge is 2.15. The number of rotatable bonds is 8. The molecular weight excluding hydrogens is 388 g/mol. The van der Waals surface area contributed by atoms with Crippen LogP contribution in [0.4, 0.5) is 5.69 Å². The van der Waals surface area contributed by atoms with Gasteiger partial charge in [-0.25, -0.2) is 17.9 Å². The van der Waals surface area contributed by atoms with E-state index < -0.39 is 28.5 Å². The van der Waals surface area contributed by atoms with Gasteiger partial charge in [0.2, 0.25) is 10.0 Å². The fraction of sp³-hybridized carbons (Fsp3) is 0.222. The van der Waals surface area contributed by atoms with E-state index in [-0.39, 0.29) is 17.0 Å². The predicted octanol–water partition coefficient (Wildman–Crippen LogP) is 2.50. The van der Waals surface area contributed by atoms with Crippen LogP contribution in [0.2, 0.25) is 0 Å². The van der Waals surface area contributed by atoms with Gasteiger partial charge in [-0.15, -0.1) is 11.8 Å². The molecule has 0 aliphatic carbocycles. The van der Waals surface area contributed by atoms with Crippen molar-refractivity contribution in [2.24, 2.45) is 0 Å². The maximum Gasteiger partial charge on any atom is 0.338 e. The normalized spacial score (nSPS) is 11.0. The van der Waals surface area contributed by atoms with Crippen LogP contribution in [0, 0.1) is 0 Å². The average Bonchev–Trinajstić information content (AvgIpc) is 2.66. The molecule has 2 aromatic rings. The standard InChI is InChI=1S/C18H20N2O5S2/c1-3-19-27(23,24)16-9-7-13(8-10-16)18(22)25-12-17(21)20-14-5-4-6-15(11-14)26-2/h4-11,19H,3,12H2,1-2H3,(H,20,21). The van der Waals surface area contributed by atoms with Crippen LogP contribution < -0.4 is 10.0 Å². The summed E-state index contributed by atoms with van der Waals surface area (Å²) in [6.07, 6.45) is 1.93. The number of benzene rings is 2. The SMILES string of the molecule is CCNS(=O)(=O)c1ccc(C(=O)OCC(=O)Nc2cccc(SC)c2)cc1. The van der Waals surface area contributed by atoms with Gasteiger partial charge < -0.3 is 10.1 Å². The fourth-order valence-corrected chi connectivity index (χ4v) is 3.66. The summed E-state index contributed by atoms with van der Waals surface area (Å²) in [7, 11) is -3.59. The number of sulfonamides is 1. The molecule has 144 valence electrons. The minimum Gasteiger partial charge on any atom is -0.452 e.